The number of aliphatic hydroxyl groups excluding tert-OH is 1. The Morgan fingerprint density at radius 2 is 1.95 bits per heavy atom. The maximum Gasteiger partial charge on any atom is 0.255 e. The molecule has 6 heteroatoms. The molecule has 0 aliphatic heterocycles. The van der Waals surface area contributed by atoms with E-state index in [1.807, 2.05) is 26.2 Å². The van der Waals surface area contributed by atoms with E-state index in [9.17, 15) is 4.79 Å². The Morgan fingerprint density at radius 1 is 1.27 bits per heavy atom. The first-order valence-corrected chi connectivity index (χ1v) is 7.23. The minimum Gasteiger partial charge on any atom is -0.396 e. The summed E-state index contributed by atoms with van der Waals surface area (Å²) in [5, 5.41) is 12.0. The van der Waals surface area contributed by atoms with Crippen molar-refractivity contribution in [3.05, 3.63) is 52.7 Å². The van der Waals surface area contributed by atoms with Gasteiger partial charge in [0.2, 0.25) is 0 Å². The summed E-state index contributed by atoms with van der Waals surface area (Å²) in [5.74, 6) is 0.373. The number of pyridine rings is 1. The molecule has 0 fully saturated rings. The van der Waals surface area contributed by atoms with Crippen molar-refractivity contribution in [3.63, 3.8) is 0 Å². The van der Waals surface area contributed by atoms with Crippen molar-refractivity contribution in [1.29, 1.82) is 0 Å². The summed E-state index contributed by atoms with van der Waals surface area (Å²) >= 11 is 5.96. The Hall–Kier alpha value is -2.11. The van der Waals surface area contributed by atoms with Crippen LogP contribution in [0.4, 0.5) is 11.5 Å². The minimum atomic E-state index is -0.248. The van der Waals surface area contributed by atoms with Crippen LogP contribution in [0.5, 0.6) is 0 Å². The molecule has 0 unspecified atom stereocenters. The van der Waals surface area contributed by atoms with Crippen LogP contribution in [-0.2, 0) is 6.42 Å². The third-order valence-corrected chi connectivity index (χ3v) is 3.31. The normalized spacial score (nSPS) is 10.4. The van der Waals surface area contributed by atoms with Crippen LogP contribution in [-0.4, -0.2) is 36.7 Å². The summed E-state index contributed by atoms with van der Waals surface area (Å²) in [5.41, 5.74) is 2.15. The van der Waals surface area contributed by atoms with Crippen LogP contribution in [0.15, 0.2) is 36.4 Å². The van der Waals surface area contributed by atoms with E-state index in [0.29, 0.717) is 23.5 Å². The van der Waals surface area contributed by atoms with Crippen molar-refractivity contribution in [2.24, 2.45) is 0 Å². The van der Waals surface area contributed by atoms with Gasteiger partial charge in [0.25, 0.3) is 5.91 Å². The average molecular weight is 320 g/mol. The van der Waals surface area contributed by atoms with Crippen molar-refractivity contribution >= 4 is 29.0 Å². The highest BCUT2D eigenvalue weighted by atomic mass is 35.5. The van der Waals surface area contributed by atoms with Gasteiger partial charge in [0.1, 0.15) is 11.0 Å². The molecule has 0 aliphatic carbocycles. The predicted octanol–water partition coefficient (Wildman–Crippen LogP) is 2.59. The van der Waals surface area contributed by atoms with Gasteiger partial charge >= 0.3 is 0 Å². The molecule has 1 aromatic heterocycles. The molecule has 5 nitrogen and oxygen atoms in total. The predicted molar refractivity (Wildman–Crippen MR) is 88.8 cm³/mol. The second-order valence-electron chi connectivity index (χ2n) is 5.06. The van der Waals surface area contributed by atoms with Gasteiger partial charge in [-0.2, -0.15) is 0 Å². The SMILES string of the molecule is CN(C)c1cc(C(=O)Nc2ccc(CCO)cc2)cc(Cl)n1. The lowest BCUT2D eigenvalue weighted by Crippen LogP contribution is -2.15. The molecule has 2 aromatic rings. The molecule has 0 bridgehead atoms. The standard InChI is InChI=1S/C16H18ClN3O2/c1-20(2)15-10-12(9-14(17)19-15)16(22)18-13-5-3-11(4-6-13)7-8-21/h3-6,9-10,21H,7-8H2,1-2H3,(H,18,22). The third-order valence-electron chi connectivity index (χ3n) is 3.11. The summed E-state index contributed by atoms with van der Waals surface area (Å²) in [6.45, 7) is 0.106. The van der Waals surface area contributed by atoms with E-state index in [-0.39, 0.29) is 17.7 Å². The van der Waals surface area contributed by atoms with Gasteiger partial charge in [-0.15, -0.1) is 0 Å². The lowest BCUT2D eigenvalue weighted by atomic mass is 10.1. The van der Waals surface area contributed by atoms with Crippen molar-refractivity contribution in [3.8, 4) is 0 Å². The van der Waals surface area contributed by atoms with Crippen LogP contribution in [0.3, 0.4) is 0 Å². The molecule has 116 valence electrons. The number of carbonyl (C=O) groups excluding carboxylic acids is 1. The highest BCUT2D eigenvalue weighted by Gasteiger charge is 2.10. The van der Waals surface area contributed by atoms with Crippen molar-refractivity contribution in [2.45, 2.75) is 6.42 Å². The van der Waals surface area contributed by atoms with Crippen LogP contribution in [0.25, 0.3) is 0 Å². The molecule has 0 atom stereocenters. The van der Waals surface area contributed by atoms with Gasteiger partial charge in [0.15, 0.2) is 0 Å². The largest absolute Gasteiger partial charge is 0.396 e. The van der Waals surface area contributed by atoms with Crippen LogP contribution in [0.2, 0.25) is 5.15 Å². The molecule has 0 saturated heterocycles. The van der Waals surface area contributed by atoms with Crippen molar-refractivity contribution in [1.82, 2.24) is 4.98 Å². The van der Waals surface area contributed by atoms with Gasteiger partial charge in [0, 0.05) is 32.0 Å². The van der Waals surface area contributed by atoms with Gasteiger partial charge < -0.3 is 15.3 Å². The quantitative estimate of drug-likeness (QED) is 0.831. The number of nitrogens with one attached hydrogen (secondary N) is 1. The molecule has 22 heavy (non-hydrogen) atoms. The Morgan fingerprint density at radius 3 is 2.55 bits per heavy atom. The second-order valence-corrected chi connectivity index (χ2v) is 5.44. The van der Waals surface area contributed by atoms with E-state index in [4.69, 9.17) is 16.7 Å². The number of amides is 1. The first-order valence-electron chi connectivity index (χ1n) is 6.85. The fourth-order valence-electron chi connectivity index (χ4n) is 1.93. The molecule has 0 aliphatic rings. The molecule has 1 aromatic carbocycles. The summed E-state index contributed by atoms with van der Waals surface area (Å²) in [7, 11) is 3.67. The number of hydrogen-bond donors (Lipinski definition) is 2. The zero-order valence-corrected chi connectivity index (χ0v) is 13.3. The van der Waals surface area contributed by atoms with Crippen LogP contribution in [0, 0.1) is 0 Å². The number of nitrogens with zero attached hydrogens (tertiary/aromatic N) is 2. The monoisotopic (exact) mass is 319 g/mol. The fraction of sp³-hybridized carbons (Fsp3) is 0.250. The Labute approximate surface area is 134 Å². The highest BCUT2D eigenvalue weighted by molar-refractivity contribution is 6.30. The number of hydrogen-bond acceptors (Lipinski definition) is 4. The van der Waals surface area contributed by atoms with E-state index >= 15 is 0 Å². The molecule has 2 rings (SSSR count). The van der Waals surface area contributed by atoms with Crippen LogP contribution >= 0.6 is 11.6 Å². The number of anilines is 2. The first-order chi connectivity index (χ1) is 10.5. The first kappa shape index (κ1) is 16.3. The van der Waals surface area contributed by atoms with E-state index < -0.39 is 0 Å². The molecule has 0 radical (unpaired) electrons. The molecule has 1 heterocycles. The number of benzene rings is 1. The number of aromatic nitrogens is 1. The van der Waals surface area contributed by atoms with Crippen LogP contribution in [0.1, 0.15) is 15.9 Å². The third kappa shape index (κ3) is 4.19. The maximum absolute atomic E-state index is 12.3. The van der Waals surface area contributed by atoms with Gasteiger partial charge in [-0.3, -0.25) is 4.79 Å². The second kappa shape index (κ2) is 7.24. The Kier molecular flexibility index (Phi) is 5.35. The molecule has 2 N–H and O–H groups in total. The molecule has 0 spiro atoms. The van der Waals surface area contributed by atoms with Gasteiger partial charge in [-0.25, -0.2) is 4.98 Å². The number of halogens is 1. The number of rotatable bonds is 5. The zero-order valence-electron chi connectivity index (χ0n) is 12.5. The Bertz CT molecular complexity index is 657. The highest BCUT2D eigenvalue weighted by Crippen LogP contribution is 2.18. The van der Waals surface area contributed by atoms with E-state index in [0.717, 1.165) is 5.56 Å². The number of aliphatic hydroxyl groups is 1. The smallest absolute Gasteiger partial charge is 0.255 e. The topological polar surface area (TPSA) is 65.5 Å². The van der Waals surface area contributed by atoms with Gasteiger partial charge in [-0.05, 0) is 36.2 Å². The fourth-order valence-corrected chi connectivity index (χ4v) is 2.13. The maximum atomic E-state index is 12.3. The van der Waals surface area contributed by atoms with Gasteiger partial charge in [-0.1, -0.05) is 23.7 Å². The lowest BCUT2D eigenvalue weighted by molar-refractivity contribution is 0.102. The van der Waals surface area contributed by atoms with Crippen LogP contribution < -0.4 is 10.2 Å². The van der Waals surface area contributed by atoms with E-state index in [1.165, 1.54) is 6.07 Å². The van der Waals surface area contributed by atoms with E-state index in [1.54, 1.807) is 23.1 Å². The molecular weight excluding hydrogens is 302 g/mol. The number of carbonyl (C=O) groups is 1. The minimum absolute atomic E-state index is 0.106. The zero-order chi connectivity index (χ0) is 16.1. The van der Waals surface area contributed by atoms with Crippen molar-refractivity contribution < 1.29 is 9.90 Å². The summed E-state index contributed by atoms with van der Waals surface area (Å²) in [6, 6.07) is 10.6. The van der Waals surface area contributed by atoms with E-state index in [2.05, 4.69) is 10.3 Å². The lowest BCUT2D eigenvalue weighted by Gasteiger charge is -2.13. The van der Waals surface area contributed by atoms with Crippen molar-refractivity contribution in [2.75, 3.05) is 30.9 Å². The molecular formula is C16H18ClN3O2. The summed E-state index contributed by atoms with van der Waals surface area (Å²) in [4.78, 5) is 18.2. The molecule has 0 saturated carbocycles. The molecule has 1 amide bonds. The van der Waals surface area contributed by atoms with Gasteiger partial charge in [0.05, 0.1) is 0 Å². The average Bonchev–Trinajstić information content (AvgIpc) is 2.49. The summed E-state index contributed by atoms with van der Waals surface area (Å²) in [6.07, 6.45) is 0.598. The Balaban J connectivity index is 2.15. The summed E-state index contributed by atoms with van der Waals surface area (Å²) < 4.78 is 0.